The number of thiazole rings is 1. The topological polar surface area (TPSA) is 52.5 Å². The molecule has 0 saturated carbocycles. The van der Waals surface area contributed by atoms with Gasteiger partial charge in [0.15, 0.2) is 4.96 Å². The highest BCUT2D eigenvalue weighted by atomic mass is 32.1. The first-order valence-electron chi connectivity index (χ1n) is 6.12. The number of ether oxygens (including phenoxy) is 1. The molecule has 0 aliphatic heterocycles. The molecule has 0 amide bonds. The second kappa shape index (κ2) is 5.03. The Bertz CT molecular complexity index is 702. The number of benzene rings is 1. The van der Waals surface area contributed by atoms with E-state index in [1.807, 2.05) is 30.6 Å². The highest BCUT2D eigenvalue weighted by molar-refractivity contribution is 7.17. The normalized spacial score (nSPS) is 11.1. The maximum absolute atomic E-state index is 5.71. The van der Waals surface area contributed by atoms with E-state index in [0.717, 1.165) is 22.7 Å². The fraction of sp³-hybridized carbons (Fsp3) is 0.214. The van der Waals surface area contributed by atoms with Gasteiger partial charge in [-0.05, 0) is 25.1 Å². The number of fused-ring (bicyclic) bond motifs is 1. The molecule has 0 bridgehead atoms. The van der Waals surface area contributed by atoms with Crippen molar-refractivity contribution < 1.29 is 4.74 Å². The predicted octanol–water partition coefficient (Wildman–Crippen LogP) is 2.57. The maximum atomic E-state index is 5.71. The summed E-state index contributed by atoms with van der Waals surface area (Å²) >= 11 is 1.69. The van der Waals surface area contributed by atoms with Crippen molar-refractivity contribution in [1.29, 1.82) is 0 Å². The molecule has 1 aromatic carbocycles. The van der Waals surface area contributed by atoms with Gasteiger partial charge in [-0.25, -0.2) is 4.98 Å². The van der Waals surface area contributed by atoms with Crippen LogP contribution in [0.1, 0.15) is 4.88 Å². The van der Waals surface area contributed by atoms with E-state index in [4.69, 9.17) is 10.5 Å². The second-order valence-corrected chi connectivity index (χ2v) is 5.29. The molecule has 0 atom stereocenters. The van der Waals surface area contributed by atoms with Crippen LogP contribution >= 0.6 is 11.3 Å². The summed E-state index contributed by atoms with van der Waals surface area (Å²) in [5, 5.41) is 0. The Morgan fingerprint density at radius 3 is 3.11 bits per heavy atom. The lowest BCUT2D eigenvalue weighted by Crippen LogP contribution is -2.02. The Hall–Kier alpha value is -1.85. The molecule has 5 heteroatoms. The molecule has 0 saturated heterocycles. The van der Waals surface area contributed by atoms with Crippen LogP contribution in [0.5, 0.6) is 5.75 Å². The van der Waals surface area contributed by atoms with E-state index < -0.39 is 0 Å². The average Bonchev–Trinajstić information content (AvgIpc) is 2.99. The molecule has 0 unspecified atom stereocenters. The average molecular weight is 273 g/mol. The minimum atomic E-state index is 0.640. The summed E-state index contributed by atoms with van der Waals surface area (Å²) in [4.78, 5) is 6.62. The zero-order valence-electron chi connectivity index (χ0n) is 10.7. The molecule has 3 rings (SSSR count). The largest absolute Gasteiger partial charge is 0.497 e. The summed E-state index contributed by atoms with van der Waals surface area (Å²) in [5.41, 5.74) is 8.01. The Morgan fingerprint density at radius 1 is 1.42 bits per heavy atom. The molecule has 0 aliphatic rings. The highest BCUT2D eigenvalue weighted by Gasteiger charge is 2.14. The molecule has 0 radical (unpaired) electrons. The summed E-state index contributed by atoms with van der Waals surface area (Å²) < 4.78 is 7.42. The summed E-state index contributed by atoms with van der Waals surface area (Å²) in [6.45, 7) is 0.640. The molecular weight excluding hydrogens is 258 g/mol. The number of imidazole rings is 1. The summed E-state index contributed by atoms with van der Waals surface area (Å²) in [5.74, 6) is 0.857. The van der Waals surface area contributed by atoms with Crippen LogP contribution in [0.4, 0.5) is 0 Å². The third kappa shape index (κ3) is 2.11. The highest BCUT2D eigenvalue weighted by Crippen LogP contribution is 2.33. The van der Waals surface area contributed by atoms with E-state index in [-0.39, 0.29) is 0 Å². The first kappa shape index (κ1) is 12.2. The molecule has 2 N–H and O–H groups in total. The minimum absolute atomic E-state index is 0.640. The number of hydrogen-bond acceptors (Lipinski definition) is 4. The van der Waals surface area contributed by atoms with E-state index in [0.29, 0.717) is 6.54 Å². The standard InChI is InChI=1S/C14H15N3OS/c1-18-11-4-2-3-10(9-11)13-12(5-6-15)19-14-16-7-8-17(13)14/h2-4,7-9H,5-6,15H2,1H3. The van der Waals surface area contributed by atoms with E-state index in [2.05, 4.69) is 15.5 Å². The lowest BCUT2D eigenvalue weighted by atomic mass is 10.1. The summed E-state index contributed by atoms with van der Waals surface area (Å²) in [6, 6.07) is 8.08. The van der Waals surface area contributed by atoms with Crippen LogP contribution in [-0.2, 0) is 6.42 Å². The van der Waals surface area contributed by atoms with Gasteiger partial charge in [0.1, 0.15) is 5.75 Å². The van der Waals surface area contributed by atoms with Crippen LogP contribution < -0.4 is 10.5 Å². The number of methoxy groups -OCH3 is 1. The van der Waals surface area contributed by atoms with Gasteiger partial charge in [0.25, 0.3) is 0 Å². The van der Waals surface area contributed by atoms with Crippen molar-refractivity contribution >= 4 is 16.3 Å². The van der Waals surface area contributed by atoms with E-state index >= 15 is 0 Å². The number of aromatic nitrogens is 2. The molecule has 98 valence electrons. The van der Waals surface area contributed by atoms with Gasteiger partial charge in [0, 0.05) is 22.8 Å². The molecule has 19 heavy (non-hydrogen) atoms. The van der Waals surface area contributed by atoms with Crippen LogP contribution in [0.15, 0.2) is 36.7 Å². The van der Waals surface area contributed by atoms with Gasteiger partial charge < -0.3 is 10.5 Å². The monoisotopic (exact) mass is 273 g/mol. The van der Waals surface area contributed by atoms with Gasteiger partial charge in [-0.2, -0.15) is 0 Å². The second-order valence-electron chi connectivity index (χ2n) is 4.22. The molecule has 4 nitrogen and oxygen atoms in total. The fourth-order valence-electron chi connectivity index (χ4n) is 2.20. The smallest absolute Gasteiger partial charge is 0.194 e. The van der Waals surface area contributed by atoms with E-state index in [9.17, 15) is 0 Å². The van der Waals surface area contributed by atoms with Crippen molar-refractivity contribution in [3.05, 3.63) is 41.5 Å². The van der Waals surface area contributed by atoms with Crippen LogP contribution in [0.25, 0.3) is 16.2 Å². The van der Waals surface area contributed by atoms with Crippen molar-refractivity contribution in [1.82, 2.24) is 9.38 Å². The summed E-state index contributed by atoms with van der Waals surface area (Å²) in [7, 11) is 1.68. The van der Waals surface area contributed by atoms with Crippen LogP contribution in [-0.4, -0.2) is 23.0 Å². The van der Waals surface area contributed by atoms with Gasteiger partial charge >= 0.3 is 0 Å². The third-order valence-corrected chi connectivity index (χ3v) is 4.17. The van der Waals surface area contributed by atoms with Crippen LogP contribution in [0, 0.1) is 0 Å². The maximum Gasteiger partial charge on any atom is 0.194 e. The SMILES string of the molecule is COc1cccc(-c2c(CCN)sc3nccn23)c1. The fourth-order valence-corrected chi connectivity index (χ4v) is 3.32. The molecule has 3 aromatic rings. The molecular formula is C14H15N3OS. The molecule has 0 spiro atoms. The molecule has 2 aromatic heterocycles. The molecule has 0 aliphatic carbocycles. The predicted molar refractivity (Wildman–Crippen MR) is 77.8 cm³/mol. The zero-order chi connectivity index (χ0) is 13.2. The van der Waals surface area contributed by atoms with Crippen molar-refractivity contribution in [2.45, 2.75) is 6.42 Å². The first-order valence-corrected chi connectivity index (χ1v) is 6.94. The molecule has 2 heterocycles. The number of nitrogens with two attached hydrogens (primary N) is 1. The number of hydrogen-bond donors (Lipinski definition) is 1. The first-order chi connectivity index (χ1) is 9.33. The van der Waals surface area contributed by atoms with Gasteiger partial charge in [0.2, 0.25) is 0 Å². The lowest BCUT2D eigenvalue weighted by Gasteiger charge is -2.06. The van der Waals surface area contributed by atoms with Gasteiger partial charge in [-0.3, -0.25) is 4.40 Å². The van der Waals surface area contributed by atoms with Crippen LogP contribution in [0.3, 0.4) is 0 Å². The Labute approximate surface area is 115 Å². The number of nitrogens with zero attached hydrogens (tertiary/aromatic N) is 2. The minimum Gasteiger partial charge on any atom is -0.497 e. The third-order valence-electron chi connectivity index (χ3n) is 3.04. The van der Waals surface area contributed by atoms with E-state index in [1.54, 1.807) is 18.4 Å². The van der Waals surface area contributed by atoms with Crippen LogP contribution in [0.2, 0.25) is 0 Å². The van der Waals surface area contributed by atoms with Crippen molar-refractivity contribution in [2.75, 3.05) is 13.7 Å². The van der Waals surface area contributed by atoms with Gasteiger partial charge in [0.05, 0.1) is 12.8 Å². The molecule has 0 fully saturated rings. The van der Waals surface area contributed by atoms with Crippen molar-refractivity contribution in [2.24, 2.45) is 5.73 Å². The Kier molecular flexibility index (Phi) is 3.23. The van der Waals surface area contributed by atoms with Gasteiger partial charge in [-0.15, -0.1) is 11.3 Å². The Morgan fingerprint density at radius 2 is 2.32 bits per heavy atom. The number of rotatable bonds is 4. The quantitative estimate of drug-likeness (QED) is 0.795. The van der Waals surface area contributed by atoms with Gasteiger partial charge in [-0.1, -0.05) is 12.1 Å². The van der Waals surface area contributed by atoms with Crippen molar-refractivity contribution in [3.63, 3.8) is 0 Å². The Balaban J connectivity index is 2.20. The summed E-state index contributed by atoms with van der Waals surface area (Å²) in [6.07, 6.45) is 4.67. The van der Waals surface area contributed by atoms with Crippen molar-refractivity contribution in [3.8, 4) is 17.0 Å². The van der Waals surface area contributed by atoms with E-state index in [1.165, 1.54) is 10.6 Å². The zero-order valence-corrected chi connectivity index (χ0v) is 11.5. The lowest BCUT2D eigenvalue weighted by molar-refractivity contribution is 0.415.